The highest BCUT2D eigenvalue weighted by atomic mass is 16.5. The Morgan fingerprint density at radius 1 is 0.591 bits per heavy atom. The predicted octanol–water partition coefficient (Wildman–Crippen LogP) is 4.44. The zero-order chi connectivity index (χ0) is 15.8. The highest BCUT2D eigenvalue weighted by Gasteiger charge is 1.98. The first-order chi connectivity index (χ1) is 10.7. The predicted molar refractivity (Wildman–Crippen MR) is 90.6 cm³/mol. The standard InChI is InChI=1S/C19H20O3/c1-20-17-10-8-15(9-11-17)6-4-5-7-16-12-18(21-2)14-19(13-16)22-3/h4-14H,1-3H3/b6-4+,7-5+. The van der Waals surface area contributed by atoms with Crippen molar-refractivity contribution in [3.63, 3.8) is 0 Å². The van der Waals surface area contributed by atoms with Crippen molar-refractivity contribution in [2.75, 3.05) is 21.3 Å². The molecule has 0 aliphatic rings. The Bertz CT molecular complexity index is 633. The van der Waals surface area contributed by atoms with Crippen molar-refractivity contribution in [2.45, 2.75) is 0 Å². The third kappa shape index (κ3) is 4.42. The molecule has 0 spiro atoms. The molecule has 0 heterocycles. The molecular formula is C19H20O3. The van der Waals surface area contributed by atoms with E-state index < -0.39 is 0 Å². The molecule has 0 N–H and O–H groups in total. The Labute approximate surface area is 131 Å². The van der Waals surface area contributed by atoms with Crippen LogP contribution in [-0.2, 0) is 0 Å². The number of hydrogen-bond donors (Lipinski definition) is 0. The van der Waals surface area contributed by atoms with E-state index in [1.165, 1.54) is 0 Å². The Hall–Kier alpha value is -2.68. The molecule has 0 unspecified atom stereocenters. The second-order valence-corrected chi connectivity index (χ2v) is 4.64. The molecule has 0 saturated heterocycles. The van der Waals surface area contributed by atoms with Crippen LogP contribution in [0.3, 0.4) is 0 Å². The number of methoxy groups -OCH3 is 3. The third-order valence-corrected chi connectivity index (χ3v) is 3.18. The maximum atomic E-state index is 5.25. The molecule has 0 aliphatic carbocycles. The average Bonchev–Trinajstić information content (AvgIpc) is 2.58. The van der Waals surface area contributed by atoms with Gasteiger partial charge >= 0.3 is 0 Å². The smallest absolute Gasteiger partial charge is 0.123 e. The lowest BCUT2D eigenvalue weighted by molar-refractivity contribution is 0.394. The van der Waals surface area contributed by atoms with E-state index in [0.29, 0.717) is 0 Å². The van der Waals surface area contributed by atoms with Gasteiger partial charge in [0.2, 0.25) is 0 Å². The summed E-state index contributed by atoms with van der Waals surface area (Å²) in [5, 5.41) is 0. The van der Waals surface area contributed by atoms with Crippen LogP contribution in [0.5, 0.6) is 17.2 Å². The quantitative estimate of drug-likeness (QED) is 0.738. The fourth-order valence-corrected chi connectivity index (χ4v) is 1.97. The monoisotopic (exact) mass is 296 g/mol. The molecule has 0 bridgehead atoms. The van der Waals surface area contributed by atoms with Crippen molar-refractivity contribution in [1.29, 1.82) is 0 Å². The van der Waals surface area contributed by atoms with Crippen LogP contribution in [0, 0.1) is 0 Å². The van der Waals surface area contributed by atoms with Gasteiger partial charge < -0.3 is 14.2 Å². The average molecular weight is 296 g/mol. The molecule has 2 aromatic rings. The topological polar surface area (TPSA) is 27.7 Å². The molecule has 0 saturated carbocycles. The van der Waals surface area contributed by atoms with Gasteiger partial charge in [0.05, 0.1) is 21.3 Å². The van der Waals surface area contributed by atoms with Crippen molar-refractivity contribution < 1.29 is 14.2 Å². The summed E-state index contributed by atoms with van der Waals surface area (Å²) in [6.45, 7) is 0. The summed E-state index contributed by atoms with van der Waals surface area (Å²) in [4.78, 5) is 0. The lowest BCUT2D eigenvalue weighted by Crippen LogP contribution is -1.87. The zero-order valence-corrected chi connectivity index (χ0v) is 13.1. The number of rotatable bonds is 6. The first kappa shape index (κ1) is 15.7. The minimum absolute atomic E-state index is 0.776. The summed E-state index contributed by atoms with van der Waals surface area (Å²) in [6.07, 6.45) is 8.02. The Kier molecular flexibility index (Phi) is 5.66. The van der Waals surface area contributed by atoms with E-state index in [4.69, 9.17) is 14.2 Å². The van der Waals surface area contributed by atoms with Crippen molar-refractivity contribution in [2.24, 2.45) is 0 Å². The molecule has 22 heavy (non-hydrogen) atoms. The molecule has 0 amide bonds. The summed E-state index contributed by atoms with van der Waals surface area (Å²) >= 11 is 0. The van der Waals surface area contributed by atoms with Crippen LogP contribution >= 0.6 is 0 Å². The van der Waals surface area contributed by atoms with E-state index in [2.05, 4.69) is 0 Å². The van der Waals surface area contributed by atoms with E-state index in [1.54, 1.807) is 21.3 Å². The van der Waals surface area contributed by atoms with Crippen molar-refractivity contribution in [3.05, 3.63) is 65.7 Å². The van der Waals surface area contributed by atoms with Crippen molar-refractivity contribution >= 4 is 12.2 Å². The summed E-state index contributed by atoms with van der Waals surface area (Å²) in [6, 6.07) is 13.7. The molecule has 2 aromatic carbocycles. The van der Waals surface area contributed by atoms with Crippen LogP contribution in [0.4, 0.5) is 0 Å². The molecule has 0 atom stereocenters. The Morgan fingerprint density at radius 3 is 1.59 bits per heavy atom. The van der Waals surface area contributed by atoms with E-state index in [9.17, 15) is 0 Å². The van der Waals surface area contributed by atoms with E-state index >= 15 is 0 Å². The first-order valence-electron chi connectivity index (χ1n) is 6.97. The maximum Gasteiger partial charge on any atom is 0.123 e. The molecule has 0 radical (unpaired) electrons. The second kappa shape index (κ2) is 7.93. The van der Waals surface area contributed by atoms with Gasteiger partial charge in [-0.2, -0.15) is 0 Å². The SMILES string of the molecule is COc1ccc(/C=C/C=C/c2cc(OC)cc(OC)c2)cc1. The Balaban J connectivity index is 2.06. The maximum absolute atomic E-state index is 5.25. The number of ether oxygens (including phenoxy) is 3. The molecule has 3 nitrogen and oxygen atoms in total. The normalized spacial score (nSPS) is 11.0. The molecule has 2 rings (SSSR count). The zero-order valence-electron chi connectivity index (χ0n) is 13.1. The summed E-state index contributed by atoms with van der Waals surface area (Å²) in [5.74, 6) is 2.41. The van der Waals surface area contributed by atoms with Gasteiger partial charge in [0, 0.05) is 6.07 Å². The van der Waals surface area contributed by atoms with E-state index in [-0.39, 0.29) is 0 Å². The van der Waals surface area contributed by atoms with Crippen LogP contribution in [0.15, 0.2) is 54.6 Å². The largest absolute Gasteiger partial charge is 0.497 e. The molecule has 3 heteroatoms. The fraction of sp³-hybridized carbons (Fsp3) is 0.158. The van der Waals surface area contributed by atoms with Gasteiger partial charge in [-0.1, -0.05) is 36.4 Å². The van der Waals surface area contributed by atoms with Crippen molar-refractivity contribution in [1.82, 2.24) is 0 Å². The Morgan fingerprint density at radius 2 is 1.09 bits per heavy atom. The van der Waals surface area contributed by atoms with Gasteiger partial charge in [0.15, 0.2) is 0 Å². The summed E-state index contributed by atoms with van der Waals surface area (Å²) in [7, 11) is 4.95. The third-order valence-electron chi connectivity index (χ3n) is 3.18. The van der Waals surface area contributed by atoms with Crippen molar-refractivity contribution in [3.8, 4) is 17.2 Å². The van der Waals surface area contributed by atoms with Gasteiger partial charge in [0.1, 0.15) is 17.2 Å². The van der Waals surface area contributed by atoms with Gasteiger partial charge in [0.25, 0.3) is 0 Å². The number of allylic oxidation sites excluding steroid dienone is 2. The van der Waals surface area contributed by atoms with E-state index in [1.807, 2.05) is 66.8 Å². The van der Waals surface area contributed by atoms with Crippen LogP contribution in [0.1, 0.15) is 11.1 Å². The van der Waals surface area contributed by atoms with Crippen LogP contribution in [0.2, 0.25) is 0 Å². The number of benzene rings is 2. The lowest BCUT2D eigenvalue weighted by atomic mass is 10.1. The minimum Gasteiger partial charge on any atom is -0.497 e. The second-order valence-electron chi connectivity index (χ2n) is 4.64. The first-order valence-corrected chi connectivity index (χ1v) is 6.97. The van der Waals surface area contributed by atoms with E-state index in [0.717, 1.165) is 28.4 Å². The highest BCUT2D eigenvalue weighted by molar-refractivity contribution is 5.60. The minimum atomic E-state index is 0.776. The fourth-order valence-electron chi connectivity index (χ4n) is 1.97. The summed E-state index contributed by atoms with van der Waals surface area (Å²) < 4.78 is 15.6. The van der Waals surface area contributed by atoms with Gasteiger partial charge in [-0.05, 0) is 35.4 Å². The molecule has 0 aliphatic heterocycles. The lowest BCUT2D eigenvalue weighted by Gasteiger charge is -2.05. The molecular weight excluding hydrogens is 276 g/mol. The van der Waals surface area contributed by atoms with Crippen LogP contribution in [-0.4, -0.2) is 21.3 Å². The molecule has 0 aromatic heterocycles. The van der Waals surface area contributed by atoms with Gasteiger partial charge in [-0.25, -0.2) is 0 Å². The summed E-state index contributed by atoms with van der Waals surface area (Å²) in [5.41, 5.74) is 2.14. The highest BCUT2D eigenvalue weighted by Crippen LogP contribution is 2.23. The van der Waals surface area contributed by atoms with Gasteiger partial charge in [-0.15, -0.1) is 0 Å². The number of hydrogen-bond acceptors (Lipinski definition) is 3. The molecule has 0 fully saturated rings. The van der Waals surface area contributed by atoms with Gasteiger partial charge in [-0.3, -0.25) is 0 Å². The van der Waals surface area contributed by atoms with Crippen LogP contribution < -0.4 is 14.2 Å². The molecule has 114 valence electrons. The van der Waals surface area contributed by atoms with Crippen LogP contribution in [0.25, 0.3) is 12.2 Å².